The number of methoxy groups -OCH3 is 1. The van der Waals surface area contributed by atoms with Gasteiger partial charge in [0.15, 0.2) is 0 Å². The molecule has 0 saturated carbocycles. The number of ether oxygens (including phenoxy) is 2. The first-order valence-corrected chi connectivity index (χ1v) is 6.62. The van der Waals surface area contributed by atoms with Crippen molar-refractivity contribution >= 4 is 16.8 Å². The van der Waals surface area contributed by atoms with Crippen LogP contribution in [0.4, 0.5) is 0 Å². The molecule has 20 heavy (non-hydrogen) atoms. The summed E-state index contributed by atoms with van der Waals surface area (Å²) in [4.78, 5) is 19.4. The fourth-order valence-corrected chi connectivity index (χ4v) is 2.48. The summed E-state index contributed by atoms with van der Waals surface area (Å²) in [6.45, 7) is 1.15. The minimum atomic E-state index is -0.154. The highest BCUT2D eigenvalue weighted by molar-refractivity contribution is 5.97. The van der Waals surface area contributed by atoms with Crippen molar-refractivity contribution in [2.45, 2.75) is 18.6 Å². The third kappa shape index (κ3) is 2.52. The van der Waals surface area contributed by atoms with E-state index in [1.54, 1.807) is 25.6 Å². The number of H-pyrrole nitrogens is 1. The molecule has 6 heteroatoms. The number of nitrogens with one attached hydrogen (secondary N) is 2. The van der Waals surface area contributed by atoms with Crippen molar-refractivity contribution in [1.29, 1.82) is 0 Å². The van der Waals surface area contributed by atoms with Crippen LogP contribution in [0.15, 0.2) is 24.5 Å². The molecule has 0 spiro atoms. The maximum absolute atomic E-state index is 12.3. The highest BCUT2D eigenvalue weighted by atomic mass is 16.5. The Kier molecular flexibility index (Phi) is 3.66. The molecule has 3 rings (SSSR count). The average Bonchev–Trinajstić information content (AvgIpc) is 2.92. The number of fused-ring (bicyclic) bond motifs is 1. The van der Waals surface area contributed by atoms with Crippen LogP contribution in [-0.4, -0.2) is 48.3 Å². The zero-order valence-corrected chi connectivity index (χ0v) is 11.3. The van der Waals surface area contributed by atoms with Crippen molar-refractivity contribution in [2.24, 2.45) is 0 Å². The highest BCUT2D eigenvalue weighted by Crippen LogP contribution is 2.15. The SMILES string of the molecule is COC1CCOCC1NC(=O)c1cc2cnccc2[nH]1. The van der Waals surface area contributed by atoms with Gasteiger partial charge in [-0.1, -0.05) is 0 Å². The second-order valence-corrected chi connectivity index (χ2v) is 4.86. The molecule has 2 aromatic heterocycles. The first kappa shape index (κ1) is 13.1. The molecular formula is C14H17N3O3. The minimum absolute atomic E-state index is 0.00116. The van der Waals surface area contributed by atoms with E-state index in [0.29, 0.717) is 18.9 Å². The van der Waals surface area contributed by atoms with Crippen LogP contribution < -0.4 is 5.32 Å². The Morgan fingerprint density at radius 2 is 2.50 bits per heavy atom. The van der Waals surface area contributed by atoms with Crippen LogP contribution in [0.3, 0.4) is 0 Å². The van der Waals surface area contributed by atoms with E-state index in [-0.39, 0.29) is 18.1 Å². The molecule has 6 nitrogen and oxygen atoms in total. The van der Waals surface area contributed by atoms with Crippen LogP contribution in [-0.2, 0) is 9.47 Å². The van der Waals surface area contributed by atoms with Gasteiger partial charge in [0, 0.05) is 37.0 Å². The molecule has 2 N–H and O–H groups in total. The van der Waals surface area contributed by atoms with Crippen molar-refractivity contribution in [3.8, 4) is 0 Å². The Morgan fingerprint density at radius 3 is 3.30 bits per heavy atom. The maximum Gasteiger partial charge on any atom is 0.268 e. The third-order valence-electron chi connectivity index (χ3n) is 3.58. The van der Waals surface area contributed by atoms with Gasteiger partial charge in [0.05, 0.1) is 18.8 Å². The second-order valence-electron chi connectivity index (χ2n) is 4.86. The second kappa shape index (κ2) is 5.60. The van der Waals surface area contributed by atoms with E-state index in [4.69, 9.17) is 9.47 Å². The fraction of sp³-hybridized carbons (Fsp3) is 0.429. The van der Waals surface area contributed by atoms with Gasteiger partial charge in [-0.15, -0.1) is 0 Å². The number of amides is 1. The lowest BCUT2D eigenvalue weighted by molar-refractivity contribution is -0.0349. The average molecular weight is 275 g/mol. The van der Waals surface area contributed by atoms with Gasteiger partial charge in [0.2, 0.25) is 0 Å². The number of hydrogen-bond donors (Lipinski definition) is 2. The summed E-state index contributed by atoms with van der Waals surface area (Å²) in [5, 5.41) is 3.87. The van der Waals surface area contributed by atoms with Gasteiger partial charge in [0.1, 0.15) is 5.69 Å². The summed E-state index contributed by atoms with van der Waals surface area (Å²) in [6.07, 6.45) is 4.21. The largest absolute Gasteiger partial charge is 0.379 e. The molecule has 1 fully saturated rings. The number of pyridine rings is 1. The van der Waals surface area contributed by atoms with Crippen LogP contribution in [0.2, 0.25) is 0 Å². The van der Waals surface area contributed by atoms with Gasteiger partial charge in [0.25, 0.3) is 5.91 Å². The van der Waals surface area contributed by atoms with Gasteiger partial charge in [-0.2, -0.15) is 0 Å². The molecule has 1 aliphatic heterocycles. The number of aromatic nitrogens is 2. The molecule has 1 aliphatic rings. The molecule has 1 amide bonds. The Morgan fingerprint density at radius 1 is 1.60 bits per heavy atom. The lowest BCUT2D eigenvalue weighted by Gasteiger charge is -2.30. The highest BCUT2D eigenvalue weighted by Gasteiger charge is 2.27. The summed E-state index contributed by atoms with van der Waals surface area (Å²) in [7, 11) is 1.66. The fourth-order valence-electron chi connectivity index (χ4n) is 2.48. The zero-order valence-electron chi connectivity index (χ0n) is 11.3. The van der Waals surface area contributed by atoms with Gasteiger partial charge in [-0.3, -0.25) is 9.78 Å². The Labute approximate surface area is 116 Å². The topological polar surface area (TPSA) is 76.2 Å². The van der Waals surface area contributed by atoms with Crippen molar-refractivity contribution in [1.82, 2.24) is 15.3 Å². The number of carbonyl (C=O) groups is 1. The van der Waals surface area contributed by atoms with E-state index in [1.165, 1.54) is 0 Å². The van der Waals surface area contributed by atoms with E-state index >= 15 is 0 Å². The van der Waals surface area contributed by atoms with Crippen LogP contribution in [0, 0.1) is 0 Å². The summed E-state index contributed by atoms with van der Waals surface area (Å²) in [5.74, 6) is -0.154. The number of carbonyl (C=O) groups excluding carboxylic acids is 1. The van der Waals surface area contributed by atoms with Gasteiger partial charge < -0.3 is 19.8 Å². The Bertz CT molecular complexity index is 577. The molecule has 0 aromatic carbocycles. The summed E-state index contributed by atoms with van der Waals surface area (Å²) >= 11 is 0. The quantitative estimate of drug-likeness (QED) is 0.879. The first-order chi connectivity index (χ1) is 9.78. The predicted molar refractivity (Wildman–Crippen MR) is 73.6 cm³/mol. The molecule has 1 saturated heterocycles. The van der Waals surface area contributed by atoms with Gasteiger partial charge in [-0.05, 0) is 18.6 Å². The minimum Gasteiger partial charge on any atom is -0.379 e. The Balaban J connectivity index is 1.75. The van der Waals surface area contributed by atoms with E-state index in [9.17, 15) is 4.79 Å². The molecular weight excluding hydrogens is 258 g/mol. The number of aromatic amines is 1. The molecule has 0 aliphatic carbocycles. The smallest absolute Gasteiger partial charge is 0.268 e. The van der Waals surface area contributed by atoms with Crippen LogP contribution >= 0.6 is 0 Å². The standard InChI is InChI=1S/C14H17N3O3/c1-19-13-3-5-20-8-12(13)17-14(18)11-6-9-7-15-4-2-10(9)16-11/h2,4,6-7,12-13,16H,3,5,8H2,1H3,(H,17,18). The molecule has 0 radical (unpaired) electrons. The van der Waals surface area contributed by atoms with Crippen molar-refractivity contribution in [3.63, 3.8) is 0 Å². The van der Waals surface area contributed by atoms with E-state index in [1.807, 2.05) is 6.07 Å². The van der Waals surface area contributed by atoms with Crippen molar-refractivity contribution < 1.29 is 14.3 Å². The third-order valence-corrected chi connectivity index (χ3v) is 3.58. The Hall–Kier alpha value is -1.92. The summed E-state index contributed by atoms with van der Waals surface area (Å²) in [5.41, 5.74) is 1.42. The lowest BCUT2D eigenvalue weighted by atomic mass is 10.1. The molecule has 2 aromatic rings. The van der Waals surface area contributed by atoms with E-state index in [2.05, 4.69) is 15.3 Å². The first-order valence-electron chi connectivity index (χ1n) is 6.62. The van der Waals surface area contributed by atoms with Crippen LogP contribution in [0.1, 0.15) is 16.9 Å². The van der Waals surface area contributed by atoms with Gasteiger partial charge >= 0.3 is 0 Å². The van der Waals surface area contributed by atoms with Crippen molar-refractivity contribution in [3.05, 3.63) is 30.2 Å². The molecule has 106 valence electrons. The summed E-state index contributed by atoms with van der Waals surface area (Å²) < 4.78 is 10.8. The lowest BCUT2D eigenvalue weighted by Crippen LogP contribution is -2.50. The van der Waals surface area contributed by atoms with Crippen LogP contribution in [0.25, 0.3) is 10.9 Å². The normalized spacial score (nSPS) is 22.9. The summed E-state index contributed by atoms with van der Waals surface area (Å²) in [6, 6.07) is 3.52. The van der Waals surface area contributed by atoms with Crippen LogP contribution in [0.5, 0.6) is 0 Å². The predicted octanol–water partition coefficient (Wildman–Crippen LogP) is 1.10. The van der Waals surface area contributed by atoms with Crippen molar-refractivity contribution in [2.75, 3.05) is 20.3 Å². The van der Waals surface area contributed by atoms with E-state index in [0.717, 1.165) is 17.3 Å². The number of hydrogen-bond acceptors (Lipinski definition) is 4. The molecule has 2 atom stereocenters. The molecule has 2 unspecified atom stereocenters. The van der Waals surface area contributed by atoms with E-state index < -0.39 is 0 Å². The zero-order chi connectivity index (χ0) is 13.9. The maximum atomic E-state index is 12.3. The number of rotatable bonds is 3. The molecule has 0 bridgehead atoms. The molecule has 3 heterocycles. The van der Waals surface area contributed by atoms with Gasteiger partial charge in [-0.25, -0.2) is 0 Å². The monoisotopic (exact) mass is 275 g/mol. The number of nitrogens with zero attached hydrogens (tertiary/aromatic N) is 1.